The van der Waals surface area contributed by atoms with Crippen molar-refractivity contribution in [3.8, 4) is 11.6 Å². The van der Waals surface area contributed by atoms with Crippen LogP contribution in [0, 0.1) is 5.82 Å². The molecule has 1 heterocycles. The van der Waals surface area contributed by atoms with E-state index in [4.69, 9.17) is 4.74 Å². The summed E-state index contributed by atoms with van der Waals surface area (Å²) in [4.78, 5) is 4.07. The number of rotatable bonds is 5. The highest BCUT2D eigenvalue weighted by Crippen LogP contribution is 2.22. The van der Waals surface area contributed by atoms with Crippen LogP contribution in [0.25, 0.3) is 0 Å². The number of halogens is 1. The molecule has 0 spiro atoms. The van der Waals surface area contributed by atoms with Crippen LogP contribution in [0.1, 0.15) is 12.5 Å². The Kier molecular flexibility index (Phi) is 4.25. The molecule has 0 radical (unpaired) electrons. The van der Waals surface area contributed by atoms with Crippen LogP contribution in [-0.2, 0) is 6.54 Å². The zero-order valence-corrected chi connectivity index (χ0v) is 10.2. The van der Waals surface area contributed by atoms with Crippen molar-refractivity contribution >= 4 is 0 Å². The van der Waals surface area contributed by atoms with Gasteiger partial charge in [0.2, 0.25) is 5.88 Å². The lowest BCUT2D eigenvalue weighted by Crippen LogP contribution is -2.11. The SMILES string of the molecule is CCNCc1ccnc(Oc2ccccc2F)c1. The molecule has 0 aliphatic rings. The molecule has 0 fully saturated rings. The Morgan fingerprint density at radius 3 is 2.89 bits per heavy atom. The molecule has 2 rings (SSSR count). The first-order valence-electron chi connectivity index (χ1n) is 5.87. The smallest absolute Gasteiger partial charge is 0.219 e. The second-order valence-electron chi connectivity index (χ2n) is 3.82. The Labute approximate surface area is 106 Å². The van der Waals surface area contributed by atoms with Gasteiger partial charge in [0.25, 0.3) is 0 Å². The van der Waals surface area contributed by atoms with Gasteiger partial charge in [-0.15, -0.1) is 0 Å². The van der Waals surface area contributed by atoms with E-state index in [2.05, 4.69) is 10.3 Å². The molecule has 0 saturated heterocycles. The predicted octanol–water partition coefficient (Wildman–Crippen LogP) is 3.12. The van der Waals surface area contributed by atoms with Crippen LogP contribution in [-0.4, -0.2) is 11.5 Å². The maximum absolute atomic E-state index is 13.4. The quantitative estimate of drug-likeness (QED) is 0.880. The Morgan fingerprint density at radius 2 is 2.11 bits per heavy atom. The lowest BCUT2D eigenvalue weighted by atomic mass is 10.2. The summed E-state index contributed by atoms with van der Waals surface area (Å²) in [5.41, 5.74) is 1.05. The summed E-state index contributed by atoms with van der Waals surface area (Å²) in [6.45, 7) is 3.68. The van der Waals surface area contributed by atoms with Gasteiger partial charge in [-0.2, -0.15) is 0 Å². The molecule has 0 aliphatic carbocycles. The van der Waals surface area contributed by atoms with E-state index >= 15 is 0 Å². The van der Waals surface area contributed by atoms with E-state index in [1.165, 1.54) is 6.07 Å². The molecule has 0 aliphatic heterocycles. The highest BCUT2D eigenvalue weighted by Gasteiger charge is 2.04. The molecule has 1 N–H and O–H groups in total. The summed E-state index contributed by atoms with van der Waals surface area (Å²) in [5.74, 6) is 0.192. The van der Waals surface area contributed by atoms with Gasteiger partial charge in [-0.05, 0) is 30.3 Å². The first-order chi connectivity index (χ1) is 8.79. The first kappa shape index (κ1) is 12.5. The number of ether oxygens (including phenoxy) is 1. The minimum atomic E-state index is -0.392. The second-order valence-corrected chi connectivity index (χ2v) is 3.82. The third-order valence-corrected chi connectivity index (χ3v) is 2.43. The molecule has 0 unspecified atom stereocenters. The Balaban J connectivity index is 2.12. The van der Waals surface area contributed by atoms with Gasteiger partial charge in [-0.3, -0.25) is 0 Å². The highest BCUT2D eigenvalue weighted by molar-refractivity contribution is 5.30. The molecule has 3 nitrogen and oxygen atoms in total. The zero-order valence-electron chi connectivity index (χ0n) is 10.2. The maximum atomic E-state index is 13.4. The van der Waals surface area contributed by atoms with Crippen molar-refractivity contribution in [1.82, 2.24) is 10.3 Å². The number of para-hydroxylation sites is 1. The number of hydrogen-bond donors (Lipinski definition) is 1. The normalized spacial score (nSPS) is 10.3. The summed E-state index contributed by atoms with van der Waals surface area (Å²) in [6, 6.07) is 9.98. The topological polar surface area (TPSA) is 34.2 Å². The first-order valence-corrected chi connectivity index (χ1v) is 5.87. The fourth-order valence-electron chi connectivity index (χ4n) is 1.53. The van der Waals surface area contributed by atoms with Gasteiger partial charge in [0.1, 0.15) is 0 Å². The van der Waals surface area contributed by atoms with Gasteiger partial charge >= 0.3 is 0 Å². The summed E-state index contributed by atoms with van der Waals surface area (Å²) in [5, 5.41) is 3.21. The lowest BCUT2D eigenvalue weighted by Gasteiger charge is -2.07. The maximum Gasteiger partial charge on any atom is 0.219 e. The van der Waals surface area contributed by atoms with E-state index in [1.54, 1.807) is 30.5 Å². The molecule has 1 aromatic carbocycles. The van der Waals surface area contributed by atoms with Crippen molar-refractivity contribution in [1.29, 1.82) is 0 Å². The Hall–Kier alpha value is -1.94. The number of nitrogens with one attached hydrogen (secondary N) is 1. The molecular formula is C14H15FN2O. The average molecular weight is 246 g/mol. The van der Waals surface area contributed by atoms with Crippen molar-refractivity contribution in [2.24, 2.45) is 0 Å². The van der Waals surface area contributed by atoms with E-state index in [9.17, 15) is 4.39 Å². The van der Waals surface area contributed by atoms with Crippen LogP contribution in [0.15, 0.2) is 42.6 Å². The van der Waals surface area contributed by atoms with Crippen LogP contribution in [0.2, 0.25) is 0 Å². The van der Waals surface area contributed by atoms with E-state index in [0.29, 0.717) is 5.88 Å². The van der Waals surface area contributed by atoms with E-state index in [0.717, 1.165) is 18.7 Å². The summed E-state index contributed by atoms with van der Waals surface area (Å²) in [7, 11) is 0. The molecule has 1 aromatic heterocycles. The van der Waals surface area contributed by atoms with Crippen LogP contribution >= 0.6 is 0 Å². The van der Waals surface area contributed by atoms with Gasteiger partial charge in [-0.1, -0.05) is 19.1 Å². The number of hydrogen-bond acceptors (Lipinski definition) is 3. The summed E-state index contributed by atoms with van der Waals surface area (Å²) < 4.78 is 18.8. The minimum Gasteiger partial charge on any atom is -0.436 e. The molecule has 4 heteroatoms. The minimum absolute atomic E-state index is 0.186. The number of benzene rings is 1. The van der Waals surface area contributed by atoms with Gasteiger partial charge in [0.15, 0.2) is 11.6 Å². The number of nitrogens with zero attached hydrogens (tertiary/aromatic N) is 1. The molecule has 0 saturated carbocycles. The average Bonchev–Trinajstić information content (AvgIpc) is 2.40. The van der Waals surface area contributed by atoms with Crippen LogP contribution < -0.4 is 10.1 Å². The van der Waals surface area contributed by atoms with E-state index in [-0.39, 0.29) is 5.75 Å². The van der Waals surface area contributed by atoms with Gasteiger partial charge in [0, 0.05) is 18.8 Å². The molecule has 94 valence electrons. The third kappa shape index (κ3) is 3.28. The van der Waals surface area contributed by atoms with Crippen LogP contribution in [0.3, 0.4) is 0 Å². The molecular weight excluding hydrogens is 231 g/mol. The molecule has 0 atom stereocenters. The molecule has 0 bridgehead atoms. The van der Waals surface area contributed by atoms with E-state index < -0.39 is 5.82 Å². The van der Waals surface area contributed by atoms with Crippen LogP contribution in [0.5, 0.6) is 11.6 Å². The fraction of sp³-hybridized carbons (Fsp3) is 0.214. The van der Waals surface area contributed by atoms with Crippen molar-refractivity contribution in [2.75, 3.05) is 6.54 Å². The Bertz CT molecular complexity index is 517. The summed E-state index contributed by atoms with van der Waals surface area (Å²) >= 11 is 0. The Morgan fingerprint density at radius 1 is 1.28 bits per heavy atom. The zero-order chi connectivity index (χ0) is 12.8. The second kappa shape index (κ2) is 6.12. The number of pyridine rings is 1. The summed E-state index contributed by atoms with van der Waals surface area (Å²) in [6.07, 6.45) is 1.66. The molecule has 0 amide bonds. The monoisotopic (exact) mass is 246 g/mol. The fourth-order valence-corrected chi connectivity index (χ4v) is 1.53. The van der Waals surface area contributed by atoms with Gasteiger partial charge < -0.3 is 10.1 Å². The van der Waals surface area contributed by atoms with Gasteiger partial charge in [-0.25, -0.2) is 9.37 Å². The highest BCUT2D eigenvalue weighted by atomic mass is 19.1. The largest absolute Gasteiger partial charge is 0.436 e. The van der Waals surface area contributed by atoms with Crippen LogP contribution in [0.4, 0.5) is 4.39 Å². The lowest BCUT2D eigenvalue weighted by molar-refractivity contribution is 0.426. The van der Waals surface area contributed by atoms with Crippen molar-refractivity contribution in [3.05, 3.63) is 54.0 Å². The van der Waals surface area contributed by atoms with Gasteiger partial charge in [0.05, 0.1) is 0 Å². The predicted molar refractivity (Wildman–Crippen MR) is 68.1 cm³/mol. The van der Waals surface area contributed by atoms with Crippen molar-refractivity contribution in [3.63, 3.8) is 0 Å². The standard InChI is InChI=1S/C14H15FN2O/c1-2-16-10-11-7-8-17-14(9-11)18-13-6-4-3-5-12(13)15/h3-9,16H,2,10H2,1H3. The molecule has 2 aromatic rings. The molecule has 18 heavy (non-hydrogen) atoms. The number of aromatic nitrogens is 1. The van der Waals surface area contributed by atoms with Crippen molar-refractivity contribution < 1.29 is 9.13 Å². The van der Waals surface area contributed by atoms with E-state index in [1.807, 2.05) is 13.0 Å². The van der Waals surface area contributed by atoms with Crippen molar-refractivity contribution in [2.45, 2.75) is 13.5 Å². The third-order valence-electron chi connectivity index (χ3n) is 2.43.